The molecule has 1 unspecified atom stereocenters. The van der Waals surface area contributed by atoms with Gasteiger partial charge in [0.25, 0.3) is 0 Å². The predicted molar refractivity (Wildman–Crippen MR) is 54.4 cm³/mol. The van der Waals surface area contributed by atoms with Crippen LogP contribution >= 0.6 is 7.60 Å². The number of carboxylic acid groups (broad SMARTS) is 1. The maximum Gasteiger partial charge on any atom is 0.339 e. The van der Waals surface area contributed by atoms with Crippen LogP contribution in [0.2, 0.25) is 0 Å². The van der Waals surface area contributed by atoms with Gasteiger partial charge in [-0.1, -0.05) is 0 Å². The van der Waals surface area contributed by atoms with E-state index in [1.54, 1.807) is 0 Å². The summed E-state index contributed by atoms with van der Waals surface area (Å²) in [6, 6.07) is -0.902. The quantitative estimate of drug-likeness (QED) is 0.431. The van der Waals surface area contributed by atoms with Gasteiger partial charge in [0.15, 0.2) is 0 Å². The van der Waals surface area contributed by atoms with E-state index in [1.807, 2.05) is 0 Å². The summed E-state index contributed by atoms with van der Waals surface area (Å²) in [5, 5.41) is 8.83. The molecule has 0 saturated carbocycles. The van der Waals surface area contributed by atoms with Gasteiger partial charge in [-0.2, -0.15) is 0 Å². The topological polar surface area (TPSA) is 124 Å². The van der Waals surface area contributed by atoms with Crippen molar-refractivity contribution in [1.82, 2.24) is 4.90 Å². The van der Waals surface area contributed by atoms with E-state index in [9.17, 15) is 9.36 Å². The average Bonchev–Trinajstić information content (AvgIpc) is 2.00. The molecule has 0 aromatic heterocycles. The van der Waals surface area contributed by atoms with Crippen LogP contribution in [-0.2, 0) is 9.36 Å². The van der Waals surface area contributed by atoms with E-state index in [0.717, 1.165) is 4.90 Å². The molecule has 0 spiro atoms. The van der Waals surface area contributed by atoms with Gasteiger partial charge in [0.05, 0.1) is 0 Å². The molecule has 0 aliphatic heterocycles. The van der Waals surface area contributed by atoms with E-state index in [2.05, 4.69) is 0 Å². The van der Waals surface area contributed by atoms with Gasteiger partial charge in [0.1, 0.15) is 12.3 Å². The SMILES string of the molecule is CN(CP(=O)(O)O)C(CCCN)C(=O)O. The average molecular weight is 240 g/mol. The largest absolute Gasteiger partial charge is 0.480 e. The molecule has 0 fully saturated rings. The molecule has 0 heterocycles. The number of carboxylic acids is 1. The number of aliphatic carboxylic acids is 1. The van der Waals surface area contributed by atoms with Crippen LogP contribution in [0.25, 0.3) is 0 Å². The predicted octanol–water partition coefficient (Wildman–Crippen LogP) is -0.754. The van der Waals surface area contributed by atoms with Crippen molar-refractivity contribution in [2.45, 2.75) is 18.9 Å². The second-order valence-electron chi connectivity index (χ2n) is 3.35. The van der Waals surface area contributed by atoms with Gasteiger partial charge in [-0.3, -0.25) is 14.3 Å². The summed E-state index contributed by atoms with van der Waals surface area (Å²) in [6.45, 7) is 0.355. The Bertz CT molecular complexity index is 254. The molecule has 0 saturated heterocycles. The van der Waals surface area contributed by atoms with Crippen LogP contribution in [0.5, 0.6) is 0 Å². The summed E-state index contributed by atoms with van der Waals surface area (Å²) < 4.78 is 10.7. The number of likely N-dealkylation sites (N-methyl/N-ethyl adjacent to an activating group) is 1. The minimum Gasteiger partial charge on any atom is -0.480 e. The number of hydrogen-bond acceptors (Lipinski definition) is 4. The molecule has 0 radical (unpaired) electrons. The maximum atomic E-state index is 10.8. The summed E-state index contributed by atoms with van der Waals surface area (Å²) in [7, 11) is -2.85. The molecule has 15 heavy (non-hydrogen) atoms. The molecule has 5 N–H and O–H groups in total. The third-order valence-electron chi connectivity index (χ3n) is 1.91. The molecule has 90 valence electrons. The summed E-state index contributed by atoms with van der Waals surface area (Å²) in [5.41, 5.74) is 5.24. The number of nitrogens with two attached hydrogens (primary N) is 1. The Kier molecular flexibility index (Phi) is 6.00. The molecule has 0 amide bonds. The van der Waals surface area contributed by atoms with E-state index in [-0.39, 0.29) is 6.42 Å². The van der Waals surface area contributed by atoms with Crippen LogP contribution in [-0.4, -0.2) is 51.7 Å². The van der Waals surface area contributed by atoms with E-state index < -0.39 is 25.9 Å². The van der Waals surface area contributed by atoms with Crippen molar-refractivity contribution < 1.29 is 24.3 Å². The van der Waals surface area contributed by atoms with Crippen LogP contribution in [0.3, 0.4) is 0 Å². The third kappa shape index (κ3) is 6.59. The molecule has 7 nitrogen and oxygen atoms in total. The maximum absolute atomic E-state index is 10.8. The summed E-state index contributed by atoms with van der Waals surface area (Å²) in [4.78, 5) is 29.3. The van der Waals surface area contributed by atoms with Crippen molar-refractivity contribution >= 4 is 13.6 Å². The molecule has 1 atom stereocenters. The first-order valence-electron chi connectivity index (χ1n) is 4.45. The van der Waals surface area contributed by atoms with Crippen LogP contribution in [0.15, 0.2) is 0 Å². The highest BCUT2D eigenvalue weighted by atomic mass is 31.2. The van der Waals surface area contributed by atoms with E-state index >= 15 is 0 Å². The zero-order valence-electron chi connectivity index (χ0n) is 8.54. The first-order valence-corrected chi connectivity index (χ1v) is 6.25. The van der Waals surface area contributed by atoms with Gasteiger partial charge in [-0.25, -0.2) is 0 Å². The lowest BCUT2D eigenvalue weighted by molar-refractivity contribution is -0.142. The van der Waals surface area contributed by atoms with Crippen LogP contribution in [0.4, 0.5) is 0 Å². The number of rotatable bonds is 7. The van der Waals surface area contributed by atoms with Gasteiger partial charge in [0, 0.05) is 0 Å². The van der Waals surface area contributed by atoms with Gasteiger partial charge in [-0.15, -0.1) is 0 Å². The highest BCUT2D eigenvalue weighted by Crippen LogP contribution is 2.35. The lowest BCUT2D eigenvalue weighted by atomic mass is 10.1. The van der Waals surface area contributed by atoms with Crippen LogP contribution in [0.1, 0.15) is 12.8 Å². The first kappa shape index (κ1) is 14.5. The molecule has 0 aromatic carbocycles. The Morgan fingerprint density at radius 1 is 1.53 bits per heavy atom. The molecule has 0 rings (SSSR count). The number of carbonyl (C=O) groups is 1. The number of nitrogens with zero attached hydrogens (tertiary/aromatic N) is 1. The van der Waals surface area contributed by atoms with Gasteiger partial charge >= 0.3 is 13.6 Å². The third-order valence-corrected chi connectivity index (χ3v) is 2.72. The minimum absolute atomic E-state index is 0.280. The fraction of sp³-hybridized carbons (Fsp3) is 0.857. The summed E-state index contributed by atoms with van der Waals surface area (Å²) in [6.07, 6.45) is 0.222. The second-order valence-corrected chi connectivity index (χ2v) is 4.96. The lowest BCUT2D eigenvalue weighted by Crippen LogP contribution is -2.39. The molecule has 0 aromatic rings. The second kappa shape index (κ2) is 6.19. The fourth-order valence-corrected chi connectivity index (χ4v) is 2.01. The standard InChI is InChI=1S/C7H17N2O5P/c1-9(5-15(12,13)14)6(7(10)11)3-2-4-8/h6H,2-5,8H2,1H3,(H,10,11)(H2,12,13,14). The summed E-state index contributed by atoms with van der Waals surface area (Å²) >= 11 is 0. The summed E-state index contributed by atoms with van der Waals surface area (Å²) in [5.74, 6) is -1.10. The Balaban J connectivity index is 4.35. The Hall–Kier alpha value is -0.460. The van der Waals surface area contributed by atoms with Crippen molar-refractivity contribution in [3.8, 4) is 0 Å². The highest BCUT2D eigenvalue weighted by Gasteiger charge is 2.27. The van der Waals surface area contributed by atoms with Crippen LogP contribution < -0.4 is 5.73 Å². The molecular weight excluding hydrogens is 223 g/mol. The first-order chi connectivity index (χ1) is 6.78. The Morgan fingerprint density at radius 2 is 2.07 bits per heavy atom. The fourth-order valence-electron chi connectivity index (χ4n) is 1.23. The minimum atomic E-state index is -4.22. The number of hydrogen-bond donors (Lipinski definition) is 4. The van der Waals surface area contributed by atoms with Crippen molar-refractivity contribution in [3.05, 3.63) is 0 Å². The van der Waals surface area contributed by atoms with Gasteiger partial charge in [0.2, 0.25) is 0 Å². The Morgan fingerprint density at radius 3 is 2.40 bits per heavy atom. The van der Waals surface area contributed by atoms with E-state index in [0.29, 0.717) is 13.0 Å². The lowest BCUT2D eigenvalue weighted by Gasteiger charge is -2.24. The van der Waals surface area contributed by atoms with Crippen LogP contribution in [0, 0.1) is 0 Å². The smallest absolute Gasteiger partial charge is 0.339 e. The van der Waals surface area contributed by atoms with Crippen molar-refractivity contribution in [2.75, 3.05) is 19.9 Å². The van der Waals surface area contributed by atoms with E-state index in [4.69, 9.17) is 20.6 Å². The normalized spacial score (nSPS) is 14.2. The zero-order valence-corrected chi connectivity index (χ0v) is 9.43. The van der Waals surface area contributed by atoms with Crippen molar-refractivity contribution in [2.24, 2.45) is 5.73 Å². The molecular formula is C7H17N2O5P. The van der Waals surface area contributed by atoms with Crippen molar-refractivity contribution in [1.29, 1.82) is 0 Å². The molecule has 0 aliphatic rings. The highest BCUT2D eigenvalue weighted by molar-refractivity contribution is 7.51. The molecule has 0 aliphatic carbocycles. The van der Waals surface area contributed by atoms with Gasteiger partial charge in [-0.05, 0) is 26.4 Å². The van der Waals surface area contributed by atoms with Gasteiger partial charge < -0.3 is 20.6 Å². The van der Waals surface area contributed by atoms with Crippen molar-refractivity contribution in [3.63, 3.8) is 0 Å². The Labute approximate surface area is 88.0 Å². The monoisotopic (exact) mass is 240 g/mol. The molecule has 0 bridgehead atoms. The zero-order chi connectivity index (χ0) is 12.1. The molecule has 8 heteroatoms. The van der Waals surface area contributed by atoms with E-state index in [1.165, 1.54) is 7.05 Å².